The van der Waals surface area contributed by atoms with Gasteiger partial charge in [0.2, 0.25) is 5.91 Å². The Labute approximate surface area is 103 Å². The van der Waals surface area contributed by atoms with E-state index in [0.29, 0.717) is 19.3 Å². The van der Waals surface area contributed by atoms with Crippen molar-refractivity contribution >= 4 is 11.9 Å². The van der Waals surface area contributed by atoms with Crippen LogP contribution in [0.1, 0.15) is 46.5 Å². The van der Waals surface area contributed by atoms with E-state index in [4.69, 9.17) is 6.42 Å². The van der Waals surface area contributed by atoms with E-state index >= 15 is 0 Å². The quantitative estimate of drug-likeness (QED) is 0.666. The number of nitrogens with one attached hydrogen (secondary N) is 1. The molecule has 1 unspecified atom stereocenters. The maximum atomic E-state index is 11.7. The summed E-state index contributed by atoms with van der Waals surface area (Å²) < 4.78 is 0. The zero-order valence-electron chi connectivity index (χ0n) is 10.7. The van der Waals surface area contributed by atoms with Crippen LogP contribution in [0.4, 0.5) is 0 Å². The smallest absolute Gasteiger partial charge is 0.310 e. The number of hydrogen-bond acceptors (Lipinski definition) is 2. The molecule has 0 rings (SSSR count). The van der Waals surface area contributed by atoms with E-state index < -0.39 is 11.4 Å². The normalized spacial score (nSPS) is 12.6. The van der Waals surface area contributed by atoms with Crippen LogP contribution in [0.5, 0.6) is 0 Å². The van der Waals surface area contributed by atoms with Crippen LogP contribution in [0, 0.1) is 17.8 Å². The maximum absolute atomic E-state index is 11.7. The fourth-order valence-electron chi connectivity index (χ4n) is 1.74. The lowest BCUT2D eigenvalue weighted by atomic mass is 9.79. The van der Waals surface area contributed by atoms with Crippen LogP contribution in [-0.4, -0.2) is 23.0 Å². The van der Waals surface area contributed by atoms with E-state index in [1.807, 2.05) is 0 Å². The summed E-state index contributed by atoms with van der Waals surface area (Å²) >= 11 is 0. The Morgan fingerprint density at radius 3 is 2.29 bits per heavy atom. The lowest BCUT2D eigenvalue weighted by Gasteiger charge is -2.26. The average Bonchev–Trinajstić information content (AvgIpc) is 2.25. The zero-order valence-corrected chi connectivity index (χ0v) is 10.7. The van der Waals surface area contributed by atoms with Gasteiger partial charge in [0.1, 0.15) is 0 Å². The molecular weight excluding hydrogens is 218 g/mol. The van der Waals surface area contributed by atoms with Crippen LogP contribution in [0.25, 0.3) is 0 Å². The molecule has 1 amide bonds. The van der Waals surface area contributed by atoms with E-state index in [-0.39, 0.29) is 18.4 Å². The fraction of sp³-hybridized carbons (Fsp3) is 0.692. The summed E-state index contributed by atoms with van der Waals surface area (Å²) in [7, 11) is 0. The number of carboxylic acids is 1. The van der Waals surface area contributed by atoms with Crippen molar-refractivity contribution in [3.8, 4) is 12.3 Å². The van der Waals surface area contributed by atoms with E-state index in [2.05, 4.69) is 11.2 Å². The van der Waals surface area contributed by atoms with Crippen molar-refractivity contribution in [3.63, 3.8) is 0 Å². The number of rotatable bonds is 7. The monoisotopic (exact) mass is 239 g/mol. The summed E-state index contributed by atoms with van der Waals surface area (Å²) in [5.74, 6) is 1.29. The second kappa shape index (κ2) is 6.95. The van der Waals surface area contributed by atoms with Crippen molar-refractivity contribution in [1.82, 2.24) is 5.32 Å². The maximum Gasteiger partial charge on any atom is 0.310 e. The number of carbonyl (C=O) groups excluding carboxylic acids is 1. The highest BCUT2D eigenvalue weighted by molar-refractivity contribution is 5.85. The number of terminal acetylenes is 1. The van der Waals surface area contributed by atoms with Gasteiger partial charge < -0.3 is 10.4 Å². The minimum atomic E-state index is -0.958. The molecule has 0 radical (unpaired) electrons. The van der Waals surface area contributed by atoms with Crippen LogP contribution in [0.2, 0.25) is 0 Å². The molecule has 0 aliphatic carbocycles. The van der Waals surface area contributed by atoms with Crippen molar-refractivity contribution in [1.29, 1.82) is 0 Å². The number of carbonyl (C=O) groups is 2. The van der Waals surface area contributed by atoms with E-state index in [9.17, 15) is 14.7 Å². The lowest BCUT2D eigenvalue weighted by Crippen LogP contribution is -2.39. The van der Waals surface area contributed by atoms with Gasteiger partial charge in [-0.05, 0) is 19.8 Å². The Morgan fingerprint density at radius 1 is 1.41 bits per heavy atom. The molecule has 2 N–H and O–H groups in total. The second-order valence-electron chi connectivity index (χ2n) is 4.35. The lowest BCUT2D eigenvalue weighted by molar-refractivity contribution is -0.152. The van der Waals surface area contributed by atoms with Gasteiger partial charge in [-0.25, -0.2) is 0 Å². The molecule has 0 saturated carbocycles. The molecule has 17 heavy (non-hydrogen) atoms. The molecule has 0 fully saturated rings. The summed E-state index contributed by atoms with van der Waals surface area (Å²) in [6.45, 7) is 5.38. The third-order valence-corrected chi connectivity index (χ3v) is 3.14. The van der Waals surface area contributed by atoms with Crippen LogP contribution in [-0.2, 0) is 9.59 Å². The predicted molar refractivity (Wildman–Crippen MR) is 66.3 cm³/mol. The van der Waals surface area contributed by atoms with Gasteiger partial charge in [0.25, 0.3) is 0 Å². The fourth-order valence-corrected chi connectivity index (χ4v) is 1.74. The van der Waals surface area contributed by atoms with Gasteiger partial charge in [-0.1, -0.05) is 13.8 Å². The molecule has 0 heterocycles. The molecular formula is C13H21NO3. The molecule has 4 heteroatoms. The third kappa shape index (κ3) is 4.48. The van der Waals surface area contributed by atoms with Crippen LogP contribution in [0.15, 0.2) is 0 Å². The van der Waals surface area contributed by atoms with Crippen molar-refractivity contribution in [2.24, 2.45) is 5.41 Å². The second-order valence-corrected chi connectivity index (χ2v) is 4.35. The van der Waals surface area contributed by atoms with Crippen LogP contribution < -0.4 is 5.32 Å². The van der Waals surface area contributed by atoms with Gasteiger partial charge in [0, 0.05) is 18.9 Å². The van der Waals surface area contributed by atoms with E-state index in [1.54, 1.807) is 20.8 Å². The summed E-state index contributed by atoms with van der Waals surface area (Å²) in [6, 6.07) is -0.118. The first-order valence-electron chi connectivity index (χ1n) is 5.88. The molecule has 0 aromatic carbocycles. The van der Waals surface area contributed by atoms with Gasteiger partial charge >= 0.3 is 5.97 Å². The Kier molecular flexibility index (Phi) is 6.34. The van der Waals surface area contributed by atoms with Gasteiger partial charge in [-0.15, -0.1) is 12.3 Å². The highest BCUT2D eigenvalue weighted by Crippen LogP contribution is 2.30. The highest BCUT2D eigenvalue weighted by Gasteiger charge is 2.37. The number of carboxylic acid groups (broad SMARTS) is 1. The van der Waals surface area contributed by atoms with Gasteiger partial charge in [-0.3, -0.25) is 9.59 Å². The van der Waals surface area contributed by atoms with Gasteiger partial charge in [-0.2, -0.15) is 0 Å². The SMILES string of the molecule is C#CCC(C)NC(=O)CC(CC)(CC)C(=O)O. The first-order valence-corrected chi connectivity index (χ1v) is 5.88. The summed E-state index contributed by atoms with van der Waals surface area (Å²) in [5, 5.41) is 11.9. The molecule has 0 aliphatic rings. The number of hydrogen-bond donors (Lipinski definition) is 2. The zero-order chi connectivity index (χ0) is 13.5. The number of amides is 1. The molecule has 0 spiro atoms. The molecule has 0 bridgehead atoms. The Morgan fingerprint density at radius 2 is 1.94 bits per heavy atom. The van der Waals surface area contributed by atoms with Crippen molar-refractivity contribution in [3.05, 3.63) is 0 Å². The summed E-state index contributed by atoms with van der Waals surface area (Å²) in [4.78, 5) is 22.9. The topological polar surface area (TPSA) is 66.4 Å². The molecule has 1 atom stereocenters. The van der Waals surface area contributed by atoms with Gasteiger partial charge in [0.05, 0.1) is 5.41 Å². The van der Waals surface area contributed by atoms with Crippen molar-refractivity contribution < 1.29 is 14.7 Å². The Hall–Kier alpha value is -1.50. The predicted octanol–water partition coefficient (Wildman–Crippen LogP) is 1.80. The number of aliphatic carboxylic acids is 1. The van der Waals surface area contributed by atoms with Crippen LogP contribution in [0.3, 0.4) is 0 Å². The molecule has 0 aromatic heterocycles. The Bertz CT molecular complexity index is 313. The van der Waals surface area contributed by atoms with Crippen molar-refractivity contribution in [2.75, 3.05) is 0 Å². The highest BCUT2D eigenvalue weighted by atomic mass is 16.4. The van der Waals surface area contributed by atoms with Gasteiger partial charge in [0.15, 0.2) is 0 Å². The molecule has 0 saturated heterocycles. The van der Waals surface area contributed by atoms with E-state index in [0.717, 1.165) is 0 Å². The minimum Gasteiger partial charge on any atom is -0.481 e. The molecule has 4 nitrogen and oxygen atoms in total. The van der Waals surface area contributed by atoms with E-state index in [1.165, 1.54) is 0 Å². The summed E-state index contributed by atoms with van der Waals surface area (Å²) in [6.07, 6.45) is 6.47. The first-order chi connectivity index (χ1) is 7.91. The van der Waals surface area contributed by atoms with Crippen molar-refractivity contribution in [2.45, 2.75) is 52.5 Å². The molecule has 0 aliphatic heterocycles. The average molecular weight is 239 g/mol. The molecule has 0 aromatic rings. The molecule has 96 valence electrons. The summed E-state index contributed by atoms with van der Waals surface area (Å²) in [5.41, 5.74) is -0.958. The van der Waals surface area contributed by atoms with Crippen LogP contribution >= 0.6 is 0 Å². The Balaban J connectivity index is 4.53. The largest absolute Gasteiger partial charge is 0.481 e. The standard InChI is InChI=1S/C13H21NO3/c1-5-8-10(4)14-11(15)9-13(6-2,7-3)12(16)17/h1,10H,6-9H2,2-4H3,(H,14,15)(H,16,17). The first kappa shape index (κ1) is 15.5. The third-order valence-electron chi connectivity index (χ3n) is 3.14. The minimum absolute atomic E-state index is 0.00421.